The molecule has 0 spiro atoms. The SMILES string of the molecule is CCOC(=O)C(=O)c1ccc(OCC2CC2)nc1. The Balaban J connectivity index is 1.93. The van der Waals surface area contributed by atoms with Crippen LogP contribution in [0.1, 0.15) is 30.1 Å². The lowest BCUT2D eigenvalue weighted by molar-refractivity contribution is -0.137. The minimum Gasteiger partial charge on any atom is -0.477 e. The number of carbonyl (C=O) groups is 2. The topological polar surface area (TPSA) is 65.5 Å². The Morgan fingerprint density at radius 3 is 2.72 bits per heavy atom. The molecule has 0 saturated heterocycles. The van der Waals surface area contributed by atoms with Crippen LogP contribution in [0.4, 0.5) is 0 Å². The number of aromatic nitrogens is 1. The molecule has 1 aromatic heterocycles. The first-order chi connectivity index (χ1) is 8.70. The molecule has 0 unspecified atom stereocenters. The van der Waals surface area contributed by atoms with Crippen molar-refractivity contribution in [1.29, 1.82) is 0 Å². The lowest BCUT2D eigenvalue weighted by Crippen LogP contribution is -2.17. The molecule has 0 bridgehead atoms. The fourth-order valence-electron chi connectivity index (χ4n) is 1.40. The zero-order valence-corrected chi connectivity index (χ0v) is 10.2. The van der Waals surface area contributed by atoms with Crippen LogP contribution in [0.15, 0.2) is 18.3 Å². The van der Waals surface area contributed by atoms with E-state index in [1.165, 1.54) is 25.1 Å². The van der Waals surface area contributed by atoms with Crippen LogP contribution in [-0.2, 0) is 9.53 Å². The fourth-order valence-corrected chi connectivity index (χ4v) is 1.40. The number of ether oxygens (including phenoxy) is 2. The van der Waals surface area contributed by atoms with E-state index in [0.29, 0.717) is 18.4 Å². The van der Waals surface area contributed by atoms with Crippen molar-refractivity contribution in [2.24, 2.45) is 5.92 Å². The van der Waals surface area contributed by atoms with Gasteiger partial charge < -0.3 is 9.47 Å². The molecule has 0 atom stereocenters. The number of rotatable bonds is 6. The summed E-state index contributed by atoms with van der Waals surface area (Å²) in [5.41, 5.74) is 0.215. The minimum atomic E-state index is -0.856. The Morgan fingerprint density at radius 1 is 1.39 bits per heavy atom. The second kappa shape index (κ2) is 5.62. The summed E-state index contributed by atoms with van der Waals surface area (Å²) in [6.45, 7) is 2.50. The van der Waals surface area contributed by atoms with Gasteiger partial charge in [-0.05, 0) is 31.7 Å². The van der Waals surface area contributed by atoms with Gasteiger partial charge in [-0.1, -0.05) is 0 Å². The van der Waals surface area contributed by atoms with E-state index in [1.54, 1.807) is 13.0 Å². The Hall–Kier alpha value is -1.91. The van der Waals surface area contributed by atoms with Crippen LogP contribution < -0.4 is 4.74 Å². The average molecular weight is 249 g/mol. The van der Waals surface area contributed by atoms with E-state index in [1.807, 2.05) is 0 Å². The van der Waals surface area contributed by atoms with Crippen molar-refractivity contribution >= 4 is 11.8 Å². The smallest absolute Gasteiger partial charge is 0.379 e. The quantitative estimate of drug-likeness (QED) is 0.435. The highest BCUT2D eigenvalue weighted by molar-refractivity contribution is 6.40. The first kappa shape index (κ1) is 12.5. The van der Waals surface area contributed by atoms with Gasteiger partial charge in [0, 0.05) is 17.8 Å². The zero-order chi connectivity index (χ0) is 13.0. The second-order valence-corrected chi connectivity index (χ2v) is 4.19. The standard InChI is InChI=1S/C13H15NO4/c1-2-17-13(16)12(15)10-5-6-11(14-7-10)18-8-9-3-4-9/h5-7,9H,2-4,8H2,1H3. The molecular formula is C13H15NO4. The summed E-state index contributed by atoms with van der Waals surface area (Å²) in [7, 11) is 0. The fraction of sp³-hybridized carbons (Fsp3) is 0.462. The molecule has 0 aromatic carbocycles. The van der Waals surface area contributed by atoms with Crippen molar-refractivity contribution in [3.63, 3.8) is 0 Å². The van der Waals surface area contributed by atoms with Gasteiger partial charge in [-0.15, -0.1) is 0 Å². The number of esters is 1. The van der Waals surface area contributed by atoms with Crippen molar-refractivity contribution in [3.05, 3.63) is 23.9 Å². The Morgan fingerprint density at radius 2 is 2.17 bits per heavy atom. The van der Waals surface area contributed by atoms with E-state index in [4.69, 9.17) is 4.74 Å². The molecule has 1 aliphatic rings. The van der Waals surface area contributed by atoms with E-state index >= 15 is 0 Å². The van der Waals surface area contributed by atoms with Gasteiger partial charge >= 0.3 is 5.97 Å². The highest BCUT2D eigenvalue weighted by atomic mass is 16.5. The Bertz CT molecular complexity index is 437. The van der Waals surface area contributed by atoms with Crippen molar-refractivity contribution < 1.29 is 19.1 Å². The number of pyridine rings is 1. The van der Waals surface area contributed by atoms with E-state index < -0.39 is 11.8 Å². The number of hydrogen-bond acceptors (Lipinski definition) is 5. The van der Waals surface area contributed by atoms with Crippen molar-refractivity contribution in [2.45, 2.75) is 19.8 Å². The van der Waals surface area contributed by atoms with Gasteiger partial charge in [-0.3, -0.25) is 4.79 Å². The normalized spacial score (nSPS) is 14.1. The van der Waals surface area contributed by atoms with Crippen LogP contribution in [0, 0.1) is 5.92 Å². The average Bonchev–Trinajstić information content (AvgIpc) is 3.20. The number of nitrogens with zero attached hydrogens (tertiary/aromatic N) is 1. The third kappa shape index (κ3) is 3.29. The number of carbonyl (C=O) groups excluding carboxylic acids is 2. The van der Waals surface area contributed by atoms with E-state index in [0.717, 1.165) is 0 Å². The van der Waals surface area contributed by atoms with Gasteiger partial charge in [-0.25, -0.2) is 9.78 Å². The Kier molecular flexibility index (Phi) is 3.92. The molecule has 1 aromatic rings. The molecule has 0 amide bonds. The molecule has 1 heterocycles. The molecule has 0 radical (unpaired) electrons. The molecule has 1 fully saturated rings. The summed E-state index contributed by atoms with van der Waals surface area (Å²) in [6.07, 6.45) is 3.75. The van der Waals surface area contributed by atoms with E-state index in [2.05, 4.69) is 9.72 Å². The lowest BCUT2D eigenvalue weighted by Gasteiger charge is -2.04. The summed E-state index contributed by atoms with van der Waals surface area (Å²) in [6, 6.07) is 3.11. The largest absolute Gasteiger partial charge is 0.477 e. The molecule has 5 nitrogen and oxygen atoms in total. The van der Waals surface area contributed by atoms with Crippen molar-refractivity contribution in [2.75, 3.05) is 13.2 Å². The zero-order valence-electron chi connectivity index (χ0n) is 10.2. The Labute approximate surface area is 105 Å². The second-order valence-electron chi connectivity index (χ2n) is 4.19. The molecule has 96 valence electrons. The van der Waals surface area contributed by atoms with Gasteiger partial charge in [0.15, 0.2) is 0 Å². The van der Waals surface area contributed by atoms with Gasteiger partial charge in [0.1, 0.15) is 0 Å². The van der Waals surface area contributed by atoms with Crippen molar-refractivity contribution in [1.82, 2.24) is 4.98 Å². The van der Waals surface area contributed by atoms with Gasteiger partial charge in [0.25, 0.3) is 5.78 Å². The first-order valence-corrected chi connectivity index (χ1v) is 6.01. The summed E-state index contributed by atoms with van der Waals surface area (Å²) >= 11 is 0. The first-order valence-electron chi connectivity index (χ1n) is 6.01. The number of ketones is 1. The van der Waals surface area contributed by atoms with Crippen LogP contribution in [0.5, 0.6) is 5.88 Å². The maximum absolute atomic E-state index is 11.6. The highest BCUT2D eigenvalue weighted by Crippen LogP contribution is 2.29. The summed E-state index contributed by atoms with van der Waals surface area (Å²) in [5, 5.41) is 0. The van der Waals surface area contributed by atoms with Gasteiger partial charge in [-0.2, -0.15) is 0 Å². The lowest BCUT2D eigenvalue weighted by atomic mass is 10.2. The predicted molar refractivity (Wildman–Crippen MR) is 63.4 cm³/mol. The summed E-state index contributed by atoms with van der Waals surface area (Å²) in [4.78, 5) is 26.8. The maximum Gasteiger partial charge on any atom is 0.379 e. The van der Waals surface area contributed by atoms with Crippen LogP contribution >= 0.6 is 0 Å². The van der Waals surface area contributed by atoms with Crippen LogP contribution in [0.25, 0.3) is 0 Å². The number of hydrogen-bond donors (Lipinski definition) is 0. The third-order valence-corrected chi connectivity index (χ3v) is 2.62. The molecule has 0 N–H and O–H groups in total. The van der Waals surface area contributed by atoms with Gasteiger partial charge in [0.05, 0.1) is 13.2 Å². The molecule has 5 heteroatoms. The van der Waals surface area contributed by atoms with Crippen LogP contribution in [0.3, 0.4) is 0 Å². The molecule has 0 aliphatic heterocycles. The number of Topliss-reactive ketones (excluding diaryl/α,β-unsaturated/α-hetero) is 1. The molecule has 18 heavy (non-hydrogen) atoms. The molecule has 2 rings (SSSR count). The maximum atomic E-state index is 11.6. The third-order valence-electron chi connectivity index (χ3n) is 2.62. The monoisotopic (exact) mass is 249 g/mol. The molecule has 1 aliphatic carbocycles. The van der Waals surface area contributed by atoms with Crippen molar-refractivity contribution in [3.8, 4) is 5.88 Å². The van der Waals surface area contributed by atoms with Gasteiger partial charge in [0.2, 0.25) is 5.88 Å². The van der Waals surface area contributed by atoms with E-state index in [-0.39, 0.29) is 12.2 Å². The van der Waals surface area contributed by atoms with Crippen LogP contribution in [0.2, 0.25) is 0 Å². The molecular weight excluding hydrogens is 234 g/mol. The predicted octanol–water partition coefficient (Wildman–Crippen LogP) is 1.62. The highest BCUT2D eigenvalue weighted by Gasteiger charge is 2.22. The summed E-state index contributed by atoms with van der Waals surface area (Å²) in [5.74, 6) is -0.418. The minimum absolute atomic E-state index is 0.181. The van der Waals surface area contributed by atoms with Crippen LogP contribution in [-0.4, -0.2) is 30.0 Å². The molecule has 1 saturated carbocycles. The summed E-state index contributed by atoms with van der Waals surface area (Å²) < 4.78 is 10.1. The van der Waals surface area contributed by atoms with E-state index in [9.17, 15) is 9.59 Å².